The van der Waals surface area contributed by atoms with Crippen molar-refractivity contribution in [3.05, 3.63) is 77.7 Å². The fraction of sp³-hybridized carbons (Fsp3) is 0.667. The van der Waals surface area contributed by atoms with E-state index in [1.54, 1.807) is 0 Å². The average Bonchev–Trinajstić information content (AvgIpc) is 3.49. The first kappa shape index (κ1) is 62.0. The molecule has 1 aliphatic rings. The minimum atomic E-state index is -1.58. The van der Waals surface area contributed by atoms with E-state index < -0.39 is 69.0 Å². The fourth-order valence-electron chi connectivity index (χ4n) is 5.86. The Morgan fingerprint density at radius 1 is 0.371 bits per heavy atom. The third-order valence-electron chi connectivity index (χ3n) is 8.18. The molecule has 17 heteroatoms. The van der Waals surface area contributed by atoms with Gasteiger partial charge in [-0.1, -0.05) is 91.8 Å². The number of rotatable bonds is 18. The van der Waals surface area contributed by atoms with Gasteiger partial charge in [-0.3, -0.25) is 0 Å². The molecule has 360 valence electrons. The van der Waals surface area contributed by atoms with Crippen LogP contribution < -0.4 is 9.80 Å². The Morgan fingerprint density at radius 2 is 0.548 bits per heavy atom. The van der Waals surface area contributed by atoms with Crippen molar-refractivity contribution in [2.75, 3.05) is 9.80 Å². The maximum atomic E-state index is 6.06. The van der Waals surface area contributed by atoms with E-state index in [9.17, 15) is 0 Å². The molecule has 0 aromatic heterocycles. The summed E-state index contributed by atoms with van der Waals surface area (Å²) in [6, 6.07) is 13.5. The van der Waals surface area contributed by atoms with Crippen molar-refractivity contribution >= 4 is 80.3 Å². The molecular weight excluding hydrogens is 1080 g/mol. The molecule has 0 bridgehead atoms. The van der Waals surface area contributed by atoms with Crippen molar-refractivity contribution in [3.8, 4) is 0 Å². The van der Waals surface area contributed by atoms with Gasteiger partial charge in [-0.15, -0.1) is 6.67 Å². The van der Waals surface area contributed by atoms with Crippen molar-refractivity contribution in [2.45, 2.75) is 197 Å². The molecule has 62 heavy (non-hydrogen) atoms. The predicted molar refractivity (Wildman–Crippen MR) is 286 cm³/mol. The Balaban J connectivity index is 0.000000971. The maximum Gasteiger partial charge on any atom is 0.544 e. The zero-order valence-electron chi connectivity index (χ0n) is 44.2. The summed E-state index contributed by atoms with van der Waals surface area (Å²) in [6.07, 6.45) is 4.43. The Morgan fingerprint density at radius 3 is 0.694 bits per heavy atom. The van der Waals surface area contributed by atoms with Crippen LogP contribution in [-0.4, -0.2) is 69.0 Å². The quantitative estimate of drug-likeness (QED) is 0.108. The molecule has 2 aromatic carbocycles. The summed E-state index contributed by atoms with van der Waals surface area (Å²) in [5.74, 6) is 1.92. The predicted octanol–water partition coefficient (Wildman–Crippen LogP) is 15.1. The normalized spacial score (nSPS) is 14.3. The second-order valence-corrected chi connectivity index (χ2v) is 54.5. The summed E-state index contributed by atoms with van der Waals surface area (Å²) in [4.78, 5) is 4.65. The van der Waals surface area contributed by atoms with Gasteiger partial charge in [0.1, 0.15) is 0 Å². The van der Waals surface area contributed by atoms with Gasteiger partial charge in [0.25, 0.3) is 0 Å². The van der Waals surface area contributed by atoms with E-state index in [0.29, 0.717) is 23.7 Å². The van der Waals surface area contributed by atoms with E-state index in [1.165, 1.54) is 33.6 Å². The molecule has 3 rings (SSSR count). The van der Waals surface area contributed by atoms with Gasteiger partial charge in [-0.05, 0) is 176 Å². The number of para-hydroxylation sites is 2. The molecule has 2 aromatic rings. The average molecular weight is 1180 g/mol. The van der Waals surface area contributed by atoms with Crippen LogP contribution in [-0.2, 0) is 45.8 Å². The molecule has 0 saturated carbocycles. The molecule has 1 heterocycles. The second kappa shape index (κ2) is 25.4. The number of hydrogen-bond donors (Lipinski definition) is 0. The molecule has 0 aliphatic carbocycles. The first-order valence-corrected chi connectivity index (χ1v) is 45.4. The van der Waals surface area contributed by atoms with Crippen molar-refractivity contribution in [1.82, 2.24) is 0 Å². The van der Waals surface area contributed by atoms with E-state index in [4.69, 9.17) is 24.7 Å². The molecule has 0 amide bonds. The van der Waals surface area contributed by atoms with E-state index in [0.717, 1.165) is 0 Å². The van der Waals surface area contributed by atoms with Gasteiger partial charge in [0.05, 0.1) is 0 Å². The topological polar surface area (TPSA) is 61.9 Å². The van der Waals surface area contributed by atoms with E-state index in [2.05, 4.69) is 239 Å². The van der Waals surface area contributed by atoms with Gasteiger partial charge in [-0.25, -0.2) is 0 Å². The van der Waals surface area contributed by atoms with Gasteiger partial charge in [0.15, 0.2) is 49.9 Å². The molecule has 0 spiro atoms. The molecule has 0 fully saturated rings. The van der Waals surface area contributed by atoms with Crippen LogP contribution in [0.15, 0.2) is 48.8 Å². The third-order valence-corrected chi connectivity index (χ3v) is 26.9. The van der Waals surface area contributed by atoms with Gasteiger partial charge in [-0.2, -0.15) is 0 Å². The van der Waals surface area contributed by atoms with E-state index >= 15 is 0 Å². The smallest absolute Gasteiger partial charge is 0.479 e. The van der Waals surface area contributed by atoms with Crippen molar-refractivity contribution < 1.29 is 45.8 Å². The zero-order chi connectivity index (χ0) is 47.7. The zero-order valence-corrected chi connectivity index (χ0v) is 54.4. The molecule has 1 aliphatic heterocycles. The summed E-state index contributed by atoms with van der Waals surface area (Å²) >= 11 is 0. The van der Waals surface area contributed by atoms with Gasteiger partial charge in [0, 0.05) is 32.4 Å². The molecular formula is C45H91N2O6PtSi8-. The minimum Gasteiger partial charge on any atom is -0.479 e. The SMILES string of the molecule is CC(C)c1cccc(C(C)C)c1N1C=CN(c2c(C(C)C)cccc2C(C)C)[CH-]1.C[Si](C)(C)O[Si](O[Si](C)(C)C)O[Si](C)(C)C.C[Si](C)(C)O[Si](O[Si](C)(C)C)O[Si](C)(C)C.[Pt]. The molecule has 0 atom stereocenters. The maximum absolute atomic E-state index is 6.06. The first-order chi connectivity index (χ1) is 27.3. The van der Waals surface area contributed by atoms with E-state index in [1.807, 2.05) is 0 Å². The van der Waals surface area contributed by atoms with Crippen molar-refractivity contribution in [3.63, 3.8) is 0 Å². The van der Waals surface area contributed by atoms with Crippen LogP contribution in [0.3, 0.4) is 0 Å². The summed E-state index contributed by atoms with van der Waals surface area (Å²) in [6.45, 7) is 59.8. The van der Waals surface area contributed by atoms with Crippen LogP contribution in [0.25, 0.3) is 0 Å². The molecule has 8 nitrogen and oxygen atoms in total. The van der Waals surface area contributed by atoms with Crippen LogP contribution in [0.2, 0.25) is 118 Å². The van der Waals surface area contributed by atoms with Crippen LogP contribution in [0.4, 0.5) is 11.4 Å². The Kier molecular flexibility index (Phi) is 25.3. The van der Waals surface area contributed by atoms with Crippen LogP contribution >= 0.6 is 0 Å². The van der Waals surface area contributed by atoms with Crippen LogP contribution in [0.1, 0.15) is 101 Å². The molecule has 2 radical (unpaired) electrons. The molecule has 0 N–H and O–H groups in total. The summed E-state index contributed by atoms with van der Waals surface area (Å²) in [7, 11) is -12.5. The van der Waals surface area contributed by atoms with Crippen LogP contribution in [0, 0.1) is 6.67 Å². The summed E-state index contributed by atoms with van der Waals surface area (Å²) in [5.41, 5.74) is 8.29. The van der Waals surface area contributed by atoms with Crippen LogP contribution in [0.5, 0.6) is 0 Å². The first-order valence-electron chi connectivity index (χ1n) is 22.5. The third kappa shape index (κ3) is 25.2. The number of hydrogen-bond acceptors (Lipinski definition) is 8. The number of anilines is 2. The second-order valence-electron chi connectivity index (χ2n) is 23.2. The Labute approximate surface area is 407 Å². The summed E-state index contributed by atoms with van der Waals surface area (Å²) < 4.78 is 36.3. The minimum absolute atomic E-state index is 0. The molecule has 0 saturated heterocycles. The number of benzene rings is 2. The largest absolute Gasteiger partial charge is 0.544 e. The van der Waals surface area contributed by atoms with Gasteiger partial charge >= 0.3 is 19.1 Å². The van der Waals surface area contributed by atoms with Gasteiger partial charge in [0.2, 0.25) is 0 Å². The monoisotopic (exact) mass is 1170 g/mol. The molecule has 0 unspecified atom stereocenters. The standard InChI is InChI=1S/C27H37N2.2C9H27O3Si4.Pt/c1-18(2)22-11-9-12-23(19(3)4)26(22)28-15-16-29(17-28)27-24(20(5)6)13-10-14-25(27)21(7)8;2*1-14(2,3)10-13(11-15(4,5)6)12-16(7,8)9;/h9-21H,1-8H3;2*1-9H3;/q-1;;;. The Bertz CT molecular complexity index is 1410. The van der Waals surface area contributed by atoms with Crippen molar-refractivity contribution in [2.24, 2.45) is 0 Å². The van der Waals surface area contributed by atoms with Crippen molar-refractivity contribution in [1.29, 1.82) is 0 Å². The fourth-order valence-corrected chi connectivity index (χ4v) is 21.1. The van der Waals surface area contributed by atoms with Gasteiger partial charge < -0.3 is 34.5 Å². The number of nitrogens with zero attached hydrogens (tertiary/aromatic N) is 2. The Hall–Kier alpha value is -0.0366. The van der Waals surface area contributed by atoms with E-state index in [-0.39, 0.29) is 21.1 Å². The summed E-state index contributed by atoms with van der Waals surface area (Å²) in [5, 5.41) is 0.